The average Bonchev–Trinajstić information content (AvgIpc) is 2.85. The van der Waals surface area contributed by atoms with E-state index < -0.39 is 0 Å². The topological polar surface area (TPSA) is 33.1 Å². The van der Waals surface area contributed by atoms with Crippen LogP contribution >= 0.6 is 0 Å². The Kier molecular flexibility index (Phi) is 5.86. The van der Waals surface area contributed by atoms with Crippen molar-refractivity contribution in [3.05, 3.63) is 18.0 Å². The van der Waals surface area contributed by atoms with Crippen LogP contribution in [0, 0.1) is 0 Å². The van der Waals surface area contributed by atoms with Crippen LogP contribution in [0.4, 0.5) is 0 Å². The lowest BCUT2D eigenvalue weighted by atomic mass is 9.94. The van der Waals surface area contributed by atoms with Crippen LogP contribution in [0.2, 0.25) is 0 Å². The van der Waals surface area contributed by atoms with Gasteiger partial charge in [0.25, 0.3) is 0 Å². The summed E-state index contributed by atoms with van der Waals surface area (Å²) in [7, 11) is 4.25. The third-order valence-electron chi connectivity index (χ3n) is 4.14. The molecule has 0 amide bonds. The normalized spacial score (nSPS) is 17.2. The number of hydrogen-bond donors (Lipinski definition) is 1. The van der Waals surface area contributed by atoms with Gasteiger partial charge in [-0.3, -0.25) is 4.68 Å². The molecule has 1 aliphatic carbocycles. The summed E-state index contributed by atoms with van der Waals surface area (Å²) in [4.78, 5) is 2.56. The molecule has 0 spiro atoms. The van der Waals surface area contributed by atoms with Crippen LogP contribution in [0.5, 0.6) is 0 Å². The molecule has 0 aromatic carbocycles. The lowest BCUT2D eigenvalue weighted by Gasteiger charge is -2.31. The molecule has 19 heavy (non-hydrogen) atoms. The van der Waals surface area contributed by atoms with Gasteiger partial charge in [0.15, 0.2) is 0 Å². The van der Waals surface area contributed by atoms with Crippen molar-refractivity contribution in [2.75, 3.05) is 20.1 Å². The highest BCUT2D eigenvalue weighted by Crippen LogP contribution is 2.21. The summed E-state index contributed by atoms with van der Waals surface area (Å²) in [5.74, 6) is 0. The molecule has 0 saturated heterocycles. The highest BCUT2D eigenvalue weighted by Gasteiger charge is 2.16. The summed E-state index contributed by atoms with van der Waals surface area (Å²) < 4.78 is 1.86. The van der Waals surface area contributed by atoms with Crippen LogP contribution in [-0.4, -0.2) is 40.9 Å². The van der Waals surface area contributed by atoms with Gasteiger partial charge < -0.3 is 10.2 Å². The molecule has 108 valence electrons. The van der Waals surface area contributed by atoms with Crippen LogP contribution < -0.4 is 5.32 Å². The van der Waals surface area contributed by atoms with Crippen LogP contribution in [0.1, 0.15) is 44.2 Å². The van der Waals surface area contributed by atoms with Crippen molar-refractivity contribution in [3.63, 3.8) is 0 Å². The first-order valence-electron chi connectivity index (χ1n) is 7.65. The van der Waals surface area contributed by atoms with Gasteiger partial charge in [-0.15, -0.1) is 0 Å². The van der Waals surface area contributed by atoms with Gasteiger partial charge in [0.1, 0.15) is 0 Å². The van der Waals surface area contributed by atoms with E-state index in [9.17, 15) is 0 Å². The lowest BCUT2D eigenvalue weighted by molar-refractivity contribution is 0.189. The molecule has 0 unspecified atom stereocenters. The van der Waals surface area contributed by atoms with Crippen molar-refractivity contribution in [1.82, 2.24) is 20.0 Å². The predicted molar refractivity (Wildman–Crippen MR) is 79.0 cm³/mol. The van der Waals surface area contributed by atoms with Gasteiger partial charge in [0.2, 0.25) is 0 Å². The summed E-state index contributed by atoms with van der Waals surface area (Å²) in [5.41, 5.74) is 1.13. The third kappa shape index (κ3) is 4.96. The fourth-order valence-corrected chi connectivity index (χ4v) is 2.93. The lowest BCUT2D eigenvalue weighted by Crippen LogP contribution is -2.35. The fourth-order valence-electron chi connectivity index (χ4n) is 2.93. The largest absolute Gasteiger partial charge is 0.311 e. The Morgan fingerprint density at radius 1 is 1.37 bits per heavy atom. The van der Waals surface area contributed by atoms with Gasteiger partial charge in [-0.25, -0.2) is 0 Å². The van der Waals surface area contributed by atoms with Gasteiger partial charge in [-0.1, -0.05) is 19.3 Å². The first-order chi connectivity index (χ1) is 9.25. The number of nitrogens with one attached hydrogen (secondary N) is 1. The van der Waals surface area contributed by atoms with E-state index in [0.29, 0.717) is 0 Å². The molecule has 0 aliphatic heterocycles. The Labute approximate surface area is 117 Å². The van der Waals surface area contributed by atoms with Crippen LogP contribution in [0.15, 0.2) is 12.3 Å². The van der Waals surface area contributed by atoms with Crippen LogP contribution in [0.3, 0.4) is 0 Å². The zero-order chi connectivity index (χ0) is 13.5. The van der Waals surface area contributed by atoms with E-state index in [1.165, 1.54) is 45.1 Å². The molecule has 1 aromatic heterocycles. The van der Waals surface area contributed by atoms with Crippen molar-refractivity contribution in [1.29, 1.82) is 0 Å². The molecule has 0 radical (unpaired) electrons. The Morgan fingerprint density at radius 2 is 2.16 bits per heavy atom. The molecule has 0 bridgehead atoms. The first kappa shape index (κ1) is 14.5. The monoisotopic (exact) mass is 264 g/mol. The maximum absolute atomic E-state index is 4.36. The van der Waals surface area contributed by atoms with Crippen LogP contribution in [0.25, 0.3) is 0 Å². The Balaban J connectivity index is 1.53. The molecule has 4 nitrogen and oxygen atoms in total. The fraction of sp³-hybridized carbons (Fsp3) is 0.800. The van der Waals surface area contributed by atoms with E-state index in [1.54, 1.807) is 0 Å². The summed E-state index contributed by atoms with van der Waals surface area (Å²) in [6, 6.07) is 2.91. The molecular formula is C15H28N4. The molecule has 4 heteroatoms. The van der Waals surface area contributed by atoms with Gasteiger partial charge in [-0.2, -0.15) is 5.10 Å². The second kappa shape index (κ2) is 7.65. The van der Waals surface area contributed by atoms with E-state index in [2.05, 4.69) is 28.4 Å². The summed E-state index contributed by atoms with van der Waals surface area (Å²) >= 11 is 0. The molecule has 1 saturated carbocycles. The highest BCUT2D eigenvalue weighted by molar-refractivity contribution is 4.97. The smallest absolute Gasteiger partial charge is 0.0762 e. The quantitative estimate of drug-likeness (QED) is 0.766. The van der Waals surface area contributed by atoms with Gasteiger partial charge in [0.05, 0.1) is 5.69 Å². The number of hydrogen-bond acceptors (Lipinski definition) is 3. The minimum atomic E-state index is 0.838. The highest BCUT2D eigenvalue weighted by atomic mass is 15.3. The molecular weight excluding hydrogens is 236 g/mol. The molecule has 2 rings (SSSR count). The van der Waals surface area contributed by atoms with E-state index in [4.69, 9.17) is 0 Å². The Bertz CT molecular complexity index is 355. The maximum Gasteiger partial charge on any atom is 0.0762 e. The minimum Gasteiger partial charge on any atom is -0.311 e. The maximum atomic E-state index is 4.36. The summed E-state index contributed by atoms with van der Waals surface area (Å²) in [5, 5.41) is 7.83. The second-order valence-corrected chi connectivity index (χ2v) is 5.78. The number of aromatic nitrogens is 2. The third-order valence-corrected chi connectivity index (χ3v) is 4.14. The van der Waals surface area contributed by atoms with Gasteiger partial charge in [0, 0.05) is 25.8 Å². The molecule has 1 fully saturated rings. The molecule has 1 aliphatic rings. The standard InChI is InChI=1S/C15H28N4/c1-18(15-7-4-3-5-8-15)11-6-10-16-13-14-9-12-19(2)17-14/h9,12,15-16H,3-8,10-11,13H2,1-2H3. The molecule has 1 aromatic rings. The van der Waals surface area contributed by atoms with Crippen molar-refractivity contribution >= 4 is 0 Å². The number of aryl methyl sites for hydroxylation is 1. The van der Waals surface area contributed by atoms with E-state index >= 15 is 0 Å². The van der Waals surface area contributed by atoms with E-state index in [1.807, 2.05) is 17.9 Å². The molecule has 1 heterocycles. The van der Waals surface area contributed by atoms with Crippen molar-refractivity contribution in [3.8, 4) is 0 Å². The van der Waals surface area contributed by atoms with Crippen LogP contribution in [-0.2, 0) is 13.6 Å². The molecule has 1 N–H and O–H groups in total. The summed E-state index contributed by atoms with van der Waals surface area (Å²) in [6.07, 6.45) is 10.3. The number of rotatable bonds is 7. The van der Waals surface area contributed by atoms with Crippen molar-refractivity contribution in [2.45, 2.75) is 51.1 Å². The van der Waals surface area contributed by atoms with Crippen molar-refractivity contribution in [2.24, 2.45) is 7.05 Å². The van der Waals surface area contributed by atoms with Crippen molar-refractivity contribution < 1.29 is 0 Å². The number of nitrogens with zero attached hydrogens (tertiary/aromatic N) is 3. The zero-order valence-corrected chi connectivity index (χ0v) is 12.4. The predicted octanol–water partition coefficient (Wildman–Crippen LogP) is 2.16. The van der Waals surface area contributed by atoms with E-state index in [-0.39, 0.29) is 0 Å². The summed E-state index contributed by atoms with van der Waals surface area (Å²) in [6.45, 7) is 3.17. The van der Waals surface area contributed by atoms with Gasteiger partial charge >= 0.3 is 0 Å². The second-order valence-electron chi connectivity index (χ2n) is 5.78. The van der Waals surface area contributed by atoms with E-state index in [0.717, 1.165) is 24.8 Å². The Morgan fingerprint density at radius 3 is 2.84 bits per heavy atom. The first-order valence-corrected chi connectivity index (χ1v) is 7.65. The average molecular weight is 264 g/mol. The molecule has 0 atom stereocenters. The SMILES string of the molecule is CN(CCCNCc1ccn(C)n1)C1CCCCC1. The van der Waals surface area contributed by atoms with Gasteiger partial charge in [-0.05, 0) is 45.5 Å². The zero-order valence-electron chi connectivity index (χ0n) is 12.4. The Hall–Kier alpha value is -0.870. The minimum absolute atomic E-state index is 0.838.